The normalized spacial score (nSPS) is 19.1. The topological polar surface area (TPSA) is 29.1 Å². The molecule has 1 saturated carbocycles. The van der Waals surface area contributed by atoms with E-state index >= 15 is 0 Å². The zero-order valence-electron chi connectivity index (χ0n) is 6.98. The van der Waals surface area contributed by atoms with Gasteiger partial charge in [-0.2, -0.15) is 0 Å². The third kappa shape index (κ3) is 1.54. The molecule has 2 nitrogen and oxygen atoms in total. The van der Waals surface area contributed by atoms with Gasteiger partial charge in [-0.05, 0) is 24.7 Å². The van der Waals surface area contributed by atoms with E-state index < -0.39 is 0 Å². The fourth-order valence-corrected chi connectivity index (χ4v) is 1.24. The van der Waals surface area contributed by atoms with Gasteiger partial charge in [0.15, 0.2) is 0 Å². The molecule has 11 heavy (non-hydrogen) atoms. The van der Waals surface area contributed by atoms with Crippen LogP contribution in [0.2, 0.25) is 0 Å². The summed E-state index contributed by atoms with van der Waals surface area (Å²) in [4.78, 5) is 10.8. The predicted octanol–water partition coefficient (Wildman–Crippen LogP) is 0.924. The Morgan fingerprint density at radius 3 is 2.45 bits per heavy atom. The van der Waals surface area contributed by atoms with E-state index in [0.717, 1.165) is 12.8 Å². The third-order valence-electron chi connectivity index (χ3n) is 2.39. The van der Waals surface area contributed by atoms with Crippen LogP contribution >= 0.6 is 0 Å². The van der Waals surface area contributed by atoms with Gasteiger partial charge in [-0.15, -0.1) is 6.42 Å². The Bertz CT molecular complexity index is 208. The van der Waals surface area contributed by atoms with E-state index in [1.165, 1.54) is 0 Å². The Balaban J connectivity index is 2.50. The number of rotatable bonds is 2. The van der Waals surface area contributed by atoms with Crippen molar-refractivity contribution in [3.63, 3.8) is 0 Å². The van der Waals surface area contributed by atoms with Gasteiger partial charge in [-0.1, -0.05) is 13.8 Å². The number of terminal acetylenes is 1. The van der Waals surface area contributed by atoms with Crippen LogP contribution in [-0.4, -0.2) is 11.4 Å². The summed E-state index contributed by atoms with van der Waals surface area (Å²) in [6.45, 7) is 4.20. The van der Waals surface area contributed by atoms with Crippen LogP contribution in [0.25, 0.3) is 0 Å². The number of amides is 1. The molecule has 0 atom stereocenters. The second kappa shape index (κ2) is 2.58. The maximum Gasteiger partial charge on any atom is 0.296 e. The van der Waals surface area contributed by atoms with Gasteiger partial charge in [0, 0.05) is 5.54 Å². The van der Waals surface area contributed by atoms with E-state index in [1.54, 1.807) is 0 Å². The monoisotopic (exact) mass is 151 g/mol. The molecular weight excluding hydrogens is 138 g/mol. The molecule has 1 amide bonds. The highest BCUT2D eigenvalue weighted by Gasteiger charge is 2.46. The number of hydrogen-bond donors (Lipinski definition) is 1. The van der Waals surface area contributed by atoms with Crippen molar-refractivity contribution in [1.29, 1.82) is 0 Å². The SMILES string of the molecule is C#CC(=O)NC1(C(C)C)CC1. The molecule has 1 aliphatic carbocycles. The fourth-order valence-electron chi connectivity index (χ4n) is 1.24. The molecule has 0 saturated heterocycles. The molecule has 1 aliphatic rings. The van der Waals surface area contributed by atoms with Gasteiger partial charge in [-0.25, -0.2) is 0 Å². The first kappa shape index (κ1) is 8.13. The van der Waals surface area contributed by atoms with Crippen LogP contribution in [0.3, 0.4) is 0 Å². The quantitative estimate of drug-likeness (QED) is 0.584. The van der Waals surface area contributed by atoms with Crippen molar-refractivity contribution >= 4 is 5.91 Å². The summed E-state index contributed by atoms with van der Waals surface area (Å²) in [5, 5.41) is 2.84. The van der Waals surface area contributed by atoms with Crippen LogP contribution in [0, 0.1) is 18.3 Å². The summed E-state index contributed by atoms with van der Waals surface area (Å²) in [6, 6.07) is 0. The first-order chi connectivity index (χ1) is 5.10. The molecule has 0 spiro atoms. The first-order valence-corrected chi connectivity index (χ1v) is 3.89. The minimum atomic E-state index is -0.281. The van der Waals surface area contributed by atoms with Crippen LogP contribution in [0.15, 0.2) is 0 Å². The van der Waals surface area contributed by atoms with Gasteiger partial charge in [-0.3, -0.25) is 4.79 Å². The van der Waals surface area contributed by atoms with Crippen molar-refractivity contribution in [2.24, 2.45) is 5.92 Å². The first-order valence-electron chi connectivity index (χ1n) is 3.89. The summed E-state index contributed by atoms with van der Waals surface area (Å²) in [5.74, 6) is 2.27. The smallest absolute Gasteiger partial charge is 0.296 e. The molecule has 2 heteroatoms. The van der Waals surface area contributed by atoms with Crippen LogP contribution in [0.1, 0.15) is 26.7 Å². The van der Waals surface area contributed by atoms with Crippen molar-refractivity contribution in [3.05, 3.63) is 0 Å². The van der Waals surface area contributed by atoms with Gasteiger partial charge < -0.3 is 5.32 Å². The Labute approximate surface area is 67.4 Å². The molecule has 0 heterocycles. The van der Waals surface area contributed by atoms with Crippen molar-refractivity contribution in [2.45, 2.75) is 32.2 Å². The lowest BCUT2D eigenvalue weighted by Gasteiger charge is -2.19. The van der Waals surface area contributed by atoms with Crippen LogP contribution in [0.4, 0.5) is 0 Å². The number of hydrogen-bond acceptors (Lipinski definition) is 1. The average Bonchev–Trinajstić information content (AvgIpc) is 2.69. The van der Waals surface area contributed by atoms with E-state index in [-0.39, 0.29) is 11.4 Å². The van der Waals surface area contributed by atoms with E-state index in [2.05, 4.69) is 25.1 Å². The Hall–Kier alpha value is -0.970. The van der Waals surface area contributed by atoms with Gasteiger partial charge in [0.2, 0.25) is 0 Å². The highest BCUT2D eigenvalue weighted by Crippen LogP contribution is 2.41. The van der Waals surface area contributed by atoms with E-state index in [9.17, 15) is 4.79 Å². The highest BCUT2D eigenvalue weighted by molar-refractivity contribution is 5.93. The highest BCUT2D eigenvalue weighted by atomic mass is 16.1. The molecular formula is C9H13NO. The molecule has 1 N–H and O–H groups in total. The Kier molecular flexibility index (Phi) is 1.90. The zero-order valence-corrected chi connectivity index (χ0v) is 6.98. The molecule has 1 rings (SSSR count). The molecule has 0 aromatic heterocycles. The lowest BCUT2D eigenvalue weighted by atomic mass is 10.0. The summed E-state index contributed by atoms with van der Waals surface area (Å²) < 4.78 is 0. The molecule has 0 bridgehead atoms. The molecule has 0 aromatic rings. The third-order valence-corrected chi connectivity index (χ3v) is 2.39. The summed E-state index contributed by atoms with van der Waals surface area (Å²) in [5.41, 5.74) is 0.0312. The Morgan fingerprint density at radius 2 is 2.18 bits per heavy atom. The molecule has 0 radical (unpaired) electrons. The van der Waals surface area contributed by atoms with Crippen LogP contribution < -0.4 is 5.32 Å². The maximum absolute atomic E-state index is 10.8. The maximum atomic E-state index is 10.8. The molecule has 1 fully saturated rings. The van der Waals surface area contributed by atoms with E-state index in [1.807, 2.05) is 0 Å². The average molecular weight is 151 g/mol. The summed E-state index contributed by atoms with van der Waals surface area (Å²) in [7, 11) is 0. The van der Waals surface area contributed by atoms with Crippen LogP contribution in [-0.2, 0) is 4.79 Å². The van der Waals surface area contributed by atoms with Gasteiger partial charge in [0.25, 0.3) is 5.91 Å². The van der Waals surface area contributed by atoms with Crippen molar-refractivity contribution in [1.82, 2.24) is 5.32 Å². The second-order valence-corrected chi connectivity index (χ2v) is 3.41. The van der Waals surface area contributed by atoms with Gasteiger partial charge in [0.1, 0.15) is 0 Å². The second-order valence-electron chi connectivity index (χ2n) is 3.41. The summed E-state index contributed by atoms with van der Waals surface area (Å²) >= 11 is 0. The lowest BCUT2D eigenvalue weighted by molar-refractivity contribution is -0.116. The van der Waals surface area contributed by atoms with Crippen molar-refractivity contribution in [3.8, 4) is 12.3 Å². The number of carbonyl (C=O) groups excluding carboxylic acids is 1. The molecule has 60 valence electrons. The van der Waals surface area contributed by atoms with Crippen molar-refractivity contribution in [2.75, 3.05) is 0 Å². The summed E-state index contributed by atoms with van der Waals surface area (Å²) in [6.07, 6.45) is 7.08. The fraction of sp³-hybridized carbons (Fsp3) is 0.667. The zero-order chi connectivity index (χ0) is 8.48. The largest absolute Gasteiger partial charge is 0.340 e. The standard InChI is InChI=1S/C9H13NO/c1-4-8(11)10-9(5-6-9)7(2)3/h1,7H,5-6H2,2-3H3,(H,10,11). The minimum Gasteiger partial charge on any atom is -0.340 e. The van der Waals surface area contributed by atoms with Crippen molar-refractivity contribution < 1.29 is 4.79 Å². The Morgan fingerprint density at radius 1 is 1.64 bits per heavy atom. The number of nitrogens with one attached hydrogen (secondary N) is 1. The molecule has 0 aliphatic heterocycles. The van der Waals surface area contributed by atoms with E-state index in [4.69, 9.17) is 6.42 Å². The number of carbonyl (C=O) groups is 1. The minimum absolute atomic E-state index is 0.0312. The lowest BCUT2D eigenvalue weighted by Crippen LogP contribution is -2.39. The van der Waals surface area contributed by atoms with Crippen LogP contribution in [0.5, 0.6) is 0 Å². The molecule has 0 unspecified atom stereocenters. The van der Waals surface area contributed by atoms with E-state index in [0.29, 0.717) is 5.92 Å². The van der Waals surface area contributed by atoms with Gasteiger partial charge >= 0.3 is 0 Å². The predicted molar refractivity (Wildman–Crippen MR) is 43.8 cm³/mol. The molecule has 0 aromatic carbocycles. The van der Waals surface area contributed by atoms with Gasteiger partial charge in [0.05, 0.1) is 0 Å².